The van der Waals surface area contributed by atoms with Crippen molar-refractivity contribution in [1.82, 2.24) is 0 Å². The number of rotatable bonds is 8. The lowest BCUT2D eigenvalue weighted by molar-refractivity contribution is 0.436. The first kappa shape index (κ1) is 39.8. The molecule has 1 atom stereocenters. The van der Waals surface area contributed by atoms with E-state index in [1.807, 2.05) is 0 Å². The third kappa shape index (κ3) is 5.60. The van der Waals surface area contributed by atoms with Gasteiger partial charge in [0.2, 0.25) is 0 Å². The quantitative estimate of drug-likeness (QED) is 0.134. The highest BCUT2D eigenvalue weighted by Gasteiger charge is 2.43. The van der Waals surface area contributed by atoms with Crippen LogP contribution in [-0.4, -0.2) is 0 Å². The second kappa shape index (κ2) is 15.3. The SMILES string of the molecule is CCCC1(CCC)c2ccccc2-c2ccc(-c3c4ccccc4c(-c4c5ccccc5c(-c5ccc6c(c5)C(C)(c5ccccc5)c5ccccc5-6)c5ccccc45)c4ccccc34)cc21. The van der Waals surface area contributed by atoms with Gasteiger partial charge in [0, 0.05) is 10.8 Å². The van der Waals surface area contributed by atoms with Gasteiger partial charge in [-0.3, -0.25) is 0 Å². The molecule has 0 spiro atoms. The van der Waals surface area contributed by atoms with Crippen LogP contribution in [0.5, 0.6) is 0 Å². The minimum atomic E-state index is -0.287. The minimum absolute atomic E-state index is 0.0134. The summed E-state index contributed by atoms with van der Waals surface area (Å²) in [6.07, 6.45) is 4.59. The maximum absolute atomic E-state index is 2.59. The van der Waals surface area contributed by atoms with E-state index in [1.54, 1.807) is 0 Å². The largest absolute Gasteiger partial charge is 0.0653 e. The van der Waals surface area contributed by atoms with Crippen molar-refractivity contribution in [2.24, 2.45) is 0 Å². The Morgan fingerprint density at radius 3 is 1.10 bits per heavy atom. The lowest BCUT2D eigenvalue weighted by Gasteiger charge is -2.32. The molecule has 320 valence electrons. The fourth-order valence-corrected chi connectivity index (χ4v) is 13.3. The summed E-state index contributed by atoms with van der Waals surface area (Å²) >= 11 is 0. The molecule has 0 aliphatic heterocycles. The Labute approximate surface area is 394 Å². The monoisotopic (exact) mass is 856 g/mol. The normalized spacial score (nSPS) is 15.5. The second-order valence-corrected chi connectivity index (χ2v) is 19.4. The second-order valence-electron chi connectivity index (χ2n) is 19.4. The molecule has 0 heteroatoms. The maximum atomic E-state index is 2.59. The minimum Gasteiger partial charge on any atom is -0.0653 e. The average molecular weight is 857 g/mol. The van der Waals surface area contributed by atoms with Gasteiger partial charge in [0.25, 0.3) is 0 Å². The van der Waals surface area contributed by atoms with E-state index in [2.05, 4.69) is 233 Å². The van der Waals surface area contributed by atoms with Crippen LogP contribution in [0.1, 0.15) is 74.3 Å². The average Bonchev–Trinajstić information content (AvgIpc) is 3.80. The highest BCUT2D eigenvalue weighted by Crippen LogP contribution is 2.57. The Hall–Kier alpha value is -7.54. The van der Waals surface area contributed by atoms with Crippen LogP contribution in [-0.2, 0) is 10.8 Å². The third-order valence-corrected chi connectivity index (χ3v) is 16.0. The molecule has 0 nitrogen and oxygen atoms in total. The van der Waals surface area contributed by atoms with E-state index in [-0.39, 0.29) is 10.8 Å². The van der Waals surface area contributed by atoms with E-state index < -0.39 is 0 Å². The van der Waals surface area contributed by atoms with Gasteiger partial charge >= 0.3 is 0 Å². The summed E-state index contributed by atoms with van der Waals surface area (Å²) in [6.45, 7) is 7.13. The Kier molecular flexibility index (Phi) is 9.06. The van der Waals surface area contributed by atoms with Crippen LogP contribution in [0.25, 0.3) is 98.7 Å². The van der Waals surface area contributed by atoms with Gasteiger partial charge in [-0.1, -0.05) is 227 Å². The van der Waals surface area contributed by atoms with E-state index in [0.29, 0.717) is 0 Å². The molecule has 0 saturated heterocycles. The van der Waals surface area contributed by atoms with Gasteiger partial charge in [0.15, 0.2) is 0 Å². The van der Waals surface area contributed by atoms with Crippen LogP contribution in [0.4, 0.5) is 0 Å². The molecule has 67 heavy (non-hydrogen) atoms. The van der Waals surface area contributed by atoms with Crippen LogP contribution in [0.3, 0.4) is 0 Å². The summed E-state index contributed by atoms with van der Waals surface area (Å²) in [5.74, 6) is 0. The Balaban J connectivity index is 1.07. The smallest absolute Gasteiger partial charge is 0.0435 e. The zero-order valence-corrected chi connectivity index (χ0v) is 38.5. The molecule has 0 fully saturated rings. The molecule has 0 N–H and O–H groups in total. The van der Waals surface area contributed by atoms with Gasteiger partial charge < -0.3 is 0 Å². The number of hydrogen-bond acceptors (Lipinski definition) is 0. The zero-order chi connectivity index (χ0) is 44.9. The van der Waals surface area contributed by atoms with E-state index in [0.717, 1.165) is 25.7 Å². The van der Waals surface area contributed by atoms with Crippen LogP contribution in [0.2, 0.25) is 0 Å². The summed E-state index contributed by atoms with van der Waals surface area (Å²) in [6, 6.07) is 80.9. The molecule has 0 amide bonds. The van der Waals surface area contributed by atoms with Crippen molar-refractivity contribution < 1.29 is 0 Å². The Bertz CT molecular complexity index is 3670. The first-order valence-corrected chi connectivity index (χ1v) is 24.5. The molecule has 0 heterocycles. The molecular formula is C67H52. The van der Waals surface area contributed by atoms with E-state index in [4.69, 9.17) is 0 Å². The highest BCUT2D eigenvalue weighted by molar-refractivity contribution is 6.30. The van der Waals surface area contributed by atoms with Gasteiger partial charge in [0.1, 0.15) is 0 Å². The molecule has 0 saturated carbocycles. The van der Waals surface area contributed by atoms with Crippen LogP contribution in [0.15, 0.2) is 212 Å². The Morgan fingerprint density at radius 2 is 0.642 bits per heavy atom. The number of hydrogen-bond donors (Lipinski definition) is 0. The van der Waals surface area contributed by atoms with Gasteiger partial charge in [-0.05, 0) is 158 Å². The highest BCUT2D eigenvalue weighted by atomic mass is 14.5. The molecule has 2 aliphatic rings. The van der Waals surface area contributed by atoms with Crippen molar-refractivity contribution in [1.29, 1.82) is 0 Å². The van der Waals surface area contributed by atoms with Crippen LogP contribution in [0, 0.1) is 0 Å². The standard InChI is InChI=1S/C67H52/c1-4-39-67(40-5-2)59-34-20-18-24-47(59)49-38-36-44(42-61(49)67)63-52-27-11-15-31-56(52)65(57-32-16-12-28-53(57)63)64-54-29-13-9-25-50(54)62(51-26-10-14-30-55(51)64)43-35-37-48-46-23-17-19-33-58(46)66(3,60(48)41-43)45-21-7-6-8-22-45/h6-38,41-42H,4-5,39-40H2,1-3H3. The molecule has 0 aromatic heterocycles. The molecule has 11 aromatic carbocycles. The number of fused-ring (bicyclic) bond motifs is 10. The van der Waals surface area contributed by atoms with Gasteiger partial charge in [-0.25, -0.2) is 0 Å². The van der Waals surface area contributed by atoms with Crippen molar-refractivity contribution in [3.63, 3.8) is 0 Å². The Morgan fingerprint density at radius 1 is 0.299 bits per heavy atom. The molecule has 0 radical (unpaired) electrons. The van der Waals surface area contributed by atoms with Gasteiger partial charge in [-0.2, -0.15) is 0 Å². The van der Waals surface area contributed by atoms with Gasteiger partial charge in [0.05, 0.1) is 0 Å². The molecule has 1 unspecified atom stereocenters. The van der Waals surface area contributed by atoms with Crippen molar-refractivity contribution in [3.05, 3.63) is 240 Å². The molecule has 11 aromatic rings. The molecule has 2 aliphatic carbocycles. The summed E-state index contributed by atoms with van der Waals surface area (Å²) in [5, 5.41) is 10.2. The van der Waals surface area contributed by atoms with Gasteiger partial charge in [-0.15, -0.1) is 0 Å². The van der Waals surface area contributed by atoms with Crippen molar-refractivity contribution in [2.45, 2.75) is 57.3 Å². The lowest BCUT2D eigenvalue weighted by atomic mass is 9.71. The first-order chi connectivity index (χ1) is 33.0. The zero-order valence-electron chi connectivity index (χ0n) is 38.5. The topological polar surface area (TPSA) is 0 Å². The summed E-state index contributed by atoms with van der Waals surface area (Å²) < 4.78 is 0. The van der Waals surface area contributed by atoms with Crippen LogP contribution >= 0.6 is 0 Å². The first-order valence-electron chi connectivity index (χ1n) is 24.5. The summed E-state index contributed by atoms with van der Waals surface area (Å²) in [4.78, 5) is 0. The third-order valence-electron chi connectivity index (χ3n) is 16.0. The van der Waals surface area contributed by atoms with Crippen LogP contribution < -0.4 is 0 Å². The molecule has 13 rings (SSSR count). The van der Waals surface area contributed by atoms with E-state index in [9.17, 15) is 0 Å². The predicted octanol–water partition coefficient (Wildman–Crippen LogP) is 18.5. The van der Waals surface area contributed by atoms with Crippen molar-refractivity contribution >= 4 is 43.1 Å². The fraction of sp³-hybridized carbons (Fsp3) is 0.134. The maximum Gasteiger partial charge on any atom is 0.0435 e. The van der Waals surface area contributed by atoms with Crippen molar-refractivity contribution in [3.8, 4) is 55.6 Å². The van der Waals surface area contributed by atoms with E-state index >= 15 is 0 Å². The van der Waals surface area contributed by atoms with Crippen molar-refractivity contribution in [2.75, 3.05) is 0 Å². The predicted molar refractivity (Wildman–Crippen MR) is 286 cm³/mol. The fourth-order valence-electron chi connectivity index (χ4n) is 13.3. The molecular weight excluding hydrogens is 805 g/mol. The number of benzene rings is 11. The summed E-state index contributed by atoms with van der Waals surface area (Å²) in [7, 11) is 0. The lowest BCUT2D eigenvalue weighted by Crippen LogP contribution is -2.25. The van der Waals surface area contributed by atoms with E-state index in [1.165, 1.54) is 127 Å². The molecule has 0 bridgehead atoms. The summed E-state index contributed by atoms with van der Waals surface area (Å²) in [5.41, 5.74) is 20.0.